The molecule has 5 heteroatoms. The van der Waals surface area contributed by atoms with Gasteiger partial charge < -0.3 is 15.6 Å². The molecule has 1 saturated carbocycles. The highest BCUT2D eigenvalue weighted by atomic mass is 16.5. The Labute approximate surface area is 128 Å². The fourth-order valence-electron chi connectivity index (χ4n) is 3.17. The smallest absolute Gasteiger partial charge is 0.273 e. The Kier molecular flexibility index (Phi) is 3.13. The van der Waals surface area contributed by atoms with Crippen LogP contribution in [0.1, 0.15) is 65.0 Å². The standard InChI is InChI=1S/C17H19N3O2/c18-12-6-7-13-11(8-12)2-1-3-14(13)19-17(21)15-9-16(22-20-15)10-4-5-10/h6-10,14H,1-5,18H2,(H,19,21). The normalized spacial score (nSPS) is 20.5. The van der Waals surface area contributed by atoms with Gasteiger partial charge in [0.1, 0.15) is 5.76 Å². The number of aromatic nitrogens is 1. The first-order chi connectivity index (χ1) is 10.7. The molecule has 5 nitrogen and oxygen atoms in total. The Morgan fingerprint density at radius 2 is 2.14 bits per heavy atom. The van der Waals surface area contributed by atoms with Crippen molar-refractivity contribution in [3.05, 3.63) is 46.8 Å². The van der Waals surface area contributed by atoms with Crippen LogP contribution in [-0.2, 0) is 6.42 Å². The molecule has 2 aliphatic carbocycles. The van der Waals surface area contributed by atoms with Gasteiger partial charge in [-0.1, -0.05) is 11.2 Å². The number of anilines is 1. The summed E-state index contributed by atoms with van der Waals surface area (Å²) in [5.74, 6) is 1.14. The Morgan fingerprint density at radius 3 is 2.95 bits per heavy atom. The molecule has 0 bridgehead atoms. The molecular formula is C17H19N3O2. The van der Waals surface area contributed by atoms with Gasteiger partial charge in [0, 0.05) is 17.7 Å². The molecule has 114 valence electrons. The molecule has 0 saturated heterocycles. The topological polar surface area (TPSA) is 81.1 Å². The van der Waals surface area contributed by atoms with Gasteiger partial charge in [0.2, 0.25) is 0 Å². The van der Waals surface area contributed by atoms with Gasteiger partial charge in [-0.25, -0.2) is 0 Å². The number of benzene rings is 1. The van der Waals surface area contributed by atoms with E-state index in [1.807, 2.05) is 18.2 Å². The molecule has 0 radical (unpaired) electrons. The van der Waals surface area contributed by atoms with E-state index in [1.165, 1.54) is 11.1 Å². The van der Waals surface area contributed by atoms with Gasteiger partial charge in [-0.05, 0) is 55.4 Å². The average molecular weight is 297 g/mol. The van der Waals surface area contributed by atoms with E-state index in [1.54, 1.807) is 6.07 Å². The average Bonchev–Trinajstić information content (AvgIpc) is 3.24. The zero-order valence-corrected chi connectivity index (χ0v) is 12.3. The molecule has 1 fully saturated rings. The van der Waals surface area contributed by atoms with Crippen LogP contribution in [-0.4, -0.2) is 11.1 Å². The third-order valence-electron chi connectivity index (χ3n) is 4.53. The maximum absolute atomic E-state index is 12.4. The second kappa shape index (κ2) is 5.16. The van der Waals surface area contributed by atoms with Gasteiger partial charge in [-0.2, -0.15) is 0 Å². The first kappa shape index (κ1) is 13.4. The lowest BCUT2D eigenvalue weighted by molar-refractivity contribution is 0.0923. The van der Waals surface area contributed by atoms with E-state index >= 15 is 0 Å². The number of nitrogens with two attached hydrogens (primary N) is 1. The number of fused-ring (bicyclic) bond motifs is 1. The number of hydrogen-bond donors (Lipinski definition) is 2. The molecular weight excluding hydrogens is 278 g/mol. The van der Waals surface area contributed by atoms with E-state index in [-0.39, 0.29) is 11.9 Å². The number of rotatable bonds is 3. The molecule has 1 aromatic carbocycles. The van der Waals surface area contributed by atoms with E-state index < -0.39 is 0 Å². The van der Waals surface area contributed by atoms with Crippen molar-refractivity contribution in [2.45, 2.75) is 44.1 Å². The summed E-state index contributed by atoms with van der Waals surface area (Å²) in [7, 11) is 0. The number of hydrogen-bond acceptors (Lipinski definition) is 4. The van der Waals surface area contributed by atoms with Gasteiger partial charge in [-0.15, -0.1) is 0 Å². The molecule has 22 heavy (non-hydrogen) atoms. The Bertz CT molecular complexity index is 718. The van der Waals surface area contributed by atoms with Crippen molar-refractivity contribution in [1.29, 1.82) is 0 Å². The number of amides is 1. The van der Waals surface area contributed by atoms with Crippen LogP contribution in [0.4, 0.5) is 5.69 Å². The lowest BCUT2D eigenvalue weighted by Gasteiger charge is -2.26. The van der Waals surface area contributed by atoms with Crippen LogP contribution >= 0.6 is 0 Å². The minimum Gasteiger partial charge on any atom is -0.399 e. The minimum absolute atomic E-state index is 0.0259. The molecule has 1 atom stereocenters. The van der Waals surface area contributed by atoms with Crippen molar-refractivity contribution in [2.75, 3.05) is 5.73 Å². The summed E-state index contributed by atoms with van der Waals surface area (Å²) in [5.41, 5.74) is 9.40. The largest absolute Gasteiger partial charge is 0.399 e. The highest BCUT2D eigenvalue weighted by molar-refractivity contribution is 5.92. The Hall–Kier alpha value is -2.30. The Morgan fingerprint density at radius 1 is 1.27 bits per heavy atom. The number of carbonyl (C=O) groups is 1. The SMILES string of the molecule is Nc1ccc2c(c1)CCCC2NC(=O)c1cc(C2CC2)on1. The zero-order valence-electron chi connectivity index (χ0n) is 12.3. The second-order valence-corrected chi connectivity index (χ2v) is 6.27. The molecule has 2 aliphatic rings. The number of nitrogen functional groups attached to an aromatic ring is 1. The van der Waals surface area contributed by atoms with Crippen LogP contribution in [0.25, 0.3) is 0 Å². The zero-order chi connectivity index (χ0) is 15.1. The van der Waals surface area contributed by atoms with Crippen molar-refractivity contribution in [1.82, 2.24) is 10.5 Å². The van der Waals surface area contributed by atoms with Gasteiger partial charge in [0.15, 0.2) is 5.69 Å². The molecule has 0 aliphatic heterocycles. The quantitative estimate of drug-likeness (QED) is 0.853. The van der Waals surface area contributed by atoms with Crippen LogP contribution in [0.3, 0.4) is 0 Å². The van der Waals surface area contributed by atoms with E-state index in [0.29, 0.717) is 11.6 Å². The molecule has 1 amide bonds. The third kappa shape index (κ3) is 2.47. The van der Waals surface area contributed by atoms with Crippen LogP contribution in [0.15, 0.2) is 28.8 Å². The molecule has 1 aromatic heterocycles. The van der Waals surface area contributed by atoms with Crippen LogP contribution in [0.5, 0.6) is 0 Å². The first-order valence-electron chi connectivity index (χ1n) is 7.86. The van der Waals surface area contributed by atoms with Crippen molar-refractivity contribution >= 4 is 11.6 Å². The lowest BCUT2D eigenvalue weighted by atomic mass is 9.87. The summed E-state index contributed by atoms with van der Waals surface area (Å²) in [6.07, 6.45) is 5.27. The molecule has 0 spiro atoms. The molecule has 2 aromatic rings. The maximum atomic E-state index is 12.4. The van der Waals surface area contributed by atoms with Crippen molar-refractivity contribution in [3.63, 3.8) is 0 Å². The molecule has 1 heterocycles. The summed E-state index contributed by atoms with van der Waals surface area (Å²) in [5, 5.41) is 6.99. The van der Waals surface area contributed by atoms with E-state index in [4.69, 9.17) is 10.3 Å². The van der Waals surface area contributed by atoms with Crippen LogP contribution in [0, 0.1) is 0 Å². The van der Waals surface area contributed by atoms with E-state index in [0.717, 1.165) is 43.6 Å². The van der Waals surface area contributed by atoms with E-state index in [9.17, 15) is 4.79 Å². The van der Waals surface area contributed by atoms with Gasteiger partial charge in [0.05, 0.1) is 6.04 Å². The molecule has 1 unspecified atom stereocenters. The first-order valence-corrected chi connectivity index (χ1v) is 7.86. The summed E-state index contributed by atoms with van der Waals surface area (Å²) in [4.78, 5) is 12.4. The van der Waals surface area contributed by atoms with Gasteiger partial charge in [-0.3, -0.25) is 4.79 Å². The number of carbonyl (C=O) groups excluding carboxylic acids is 1. The summed E-state index contributed by atoms with van der Waals surface area (Å²) < 4.78 is 5.26. The fourth-order valence-corrected chi connectivity index (χ4v) is 3.17. The maximum Gasteiger partial charge on any atom is 0.273 e. The number of nitrogens with one attached hydrogen (secondary N) is 1. The van der Waals surface area contributed by atoms with Crippen LogP contribution in [0.2, 0.25) is 0 Å². The van der Waals surface area contributed by atoms with Gasteiger partial charge >= 0.3 is 0 Å². The van der Waals surface area contributed by atoms with Crippen LogP contribution < -0.4 is 11.1 Å². The molecule has 3 N–H and O–H groups in total. The number of aryl methyl sites for hydroxylation is 1. The Balaban J connectivity index is 1.52. The number of nitrogens with zero attached hydrogens (tertiary/aromatic N) is 1. The summed E-state index contributed by atoms with van der Waals surface area (Å²) >= 11 is 0. The van der Waals surface area contributed by atoms with Crippen molar-refractivity contribution in [3.8, 4) is 0 Å². The summed E-state index contributed by atoms with van der Waals surface area (Å²) in [6, 6.07) is 7.73. The minimum atomic E-state index is -0.162. The monoisotopic (exact) mass is 297 g/mol. The lowest BCUT2D eigenvalue weighted by Crippen LogP contribution is -2.31. The predicted octanol–water partition coefficient (Wildman–Crippen LogP) is 2.94. The highest BCUT2D eigenvalue weighted by Crippen LogP contribution is 2.40. The highest BCUT2D eigenvalue weighted by Gasteiger charge is 2.29. The predicted molar refractivity (Wildman–Crippen MR) is 82.5 cm³/mol. The van der Waals surface area contributed by atoms with Gasteiger partial charge in [0.25, 0.3) is 5.91 Å². The molecule has 4 rings (SSSR count). The van der Waals surface area contributed by atoms with Crippen molar-refractivity contribution in [2.24, 2.45) is 0 Å². The van der Waals surface area contributed by atoms with Crippen molar-refractivity contribution < 1.29 is 9.32 Å². The van der Waals surface area contributed by atoms with E-state index in [2.05, 4.69) is 10.5 Å². The third-order valence-corrected chi connectivity index (χ3v) is 4.53. The second-order valence-electron chi connectivity index (χ2n) is 6.27. The fraction of sp³-hybridized carbons (Fsp3) is 0.412. The summed E-state index contributed by atoms with van der Waals surface area (Å²) in [6.45, 7) is 0.